The van der Waals surface area contributed by atoms with Crippen LogP contribution < -0.4 is 15.4 Å². The molecule has 0 spiro atoms. The van der Waals surface area contributed by atoms with Gasteiger partial charge in [0.15, 0.2) is 0 Å². The average molecular weight is 465 g/mol. The maximum absolute atomic E-state index is 12.8. The van der Waals surface area contributed by atoms with E-state index in [4.69, 9.17) is 23.2 Å². The number of nitrogens with one attached hydrogen (secondary N) is 3. The number of carbonyl (C=O) groups excluding carboxylic acids is 1. The Balaban J connectivity index is 1.75. The van der Waals surface area contributed by atoms with Crippen LogP contribution in [-0.4, -0.2) is 36.4 Å². The van der Waals surface area contributed by atoms with E-state index in [2.05, 4.69) is 19.7 Å². The molecule has 11 heteroatoms. The van der Waals surface area contributed by atoms with Crippen LogP contribution in [0, 0.1) is 0 Å². The number of amides is 1. The third-order valence-electron chi connectivity index (χ3n) is 4.13. The molecule has 0 unspecified atom stereocenters. The molecule has 1 amide bonds. The van der Waals surface area contributed by atoms with E-state index in [0.29, 0.717) is 10.7 Å². The van der Waals surface area contributed by atoms with Crippen LogP contribution >= 0.6 is 35.3 Å². The summed E-state index contributed by atoms with van der Waals surface area (Å²) in [6, 6.07) is 7.55. The van der Waals surface area contributed by atoms with Gasteiger partial charge in [-0.3, -0.25) is 4.79 Å². The summed E-state index contributed by atoms with van der Waals surface area (Å²) in [6.45, 7) is 3.42. The molecule has 2 aromatic rings. The Labute approximate surface area is 180 Å². The van der Waals surface area contributed by atoms with Gasteiger partial charge in [0, 0.05) is 43.3 Å². The molecule has 0 atom stereocenters. The fourth-order valence-corrected chi connectivity index (χ4v) is 3.80. The van der Waals surface area contributed by atoms with Gasteiger partial charge in [0.25, 0.3) is 5.91 Å². The molecule has 1 aliphatic heterocycles. The van der Waals surface area contributed by atoms with Gasteiger partial charge in [0.1, 0.15) is 0 Å². The first kappa shape index (κ1) is 22.0. The molecule has 0 saturated carbocycles. The number of rotatable bonds is 5. The van der Waals surface area contributed by atoms with E-state index < -0.39 is 17.6 Å². The first-order valence-corrected chi connectivity index (χ1v) is 10.1. The minimum Gasteiger partial charge on any atom is -0.321 e. The lowest BCUT2D eigenvalue weighted by molar-refractivity contribution is -0.137. The Hall–Kier alpha value is -1.65. The average Bonchev–Trinajstić information content (AvgIpc) is 2.68. The van der Waals surface area contributed by atoms with Crippen LogP contribution in [0.3, 0.4) is 0 Å². The minimum atomic E-state index is -4.52. The second-order valence-corrected chi connectivity index (χ2v) is 7.96. The van der Waals surface area contributed by atoms with E-state index >= 15 is 0 Å². The molecule has 1 fully saturated rings. The SMILES string of the molecule is O=C(Nc1ccc(C(F)(F)F)cc1Cl)c1cc(Cl)ccc1NSN1CCNCC1. The highest BCUT2D eigenvalue weighted by Gasteiger charge is 2.31. The molecule has 156 valence electrons. The predicted molar refractivity (Wildman–Crippen MR) is 112 cm³/mol. The van der Waals surface area contributed by atoms with Crippen molar-refractivity contribution < 1.29 is 18.0 Å². The molecule has 1 aliphatic rings. The van der Waals surface area contributed by atoms with Gasteiger partial charge in [0.05, 0.1) is 27.5 Å². The lowest BCUT2D eigenvalue weighted by atomic mass is 10.1. The Bertz CT molecular complexity index is 892. The fraction of sp³-hybridized carbons (Fsp3) is 0.278. The molecule has 0 aliphatic carbocycles. The van der Waals surface area contributed by atoms with Crippen LogP contribution in [0.15, 0.2) is 36.4 Å². The molecule has 29 heavy (non-hydrogen) atoms. The summed E-state index contributed by atoms with van der Waals surface area (Å²) in [5, 5.41) is 5.93. The summed E-state index contributed by atoms with van der Waals surface area (Å²) >= 11 is 13.3. The first-order chi connectivity index (χ1) is 13.7. The second kappa shape index (κ2) is 9.44. The molecule has 3 rings (SSSR count). The molecule has 0 aromatic heterocycles. The standard InChI is InChI=1S/C18H17Cl2F3N4OS/c19-12-2-4-15(26-29-27-7-5-24-6-8-27)13(10-12)17(28)25-16-3-1-11(9-14(16)20)18(21,22)23/h1-4,9-10,24,26H,5-8H2,(H,25,28). The van der Waals surface area contributed by atoms with Crippen molar-refractivity contribution in [3.05, 3.63) is 57.6 Å². The zero-order valence-corrected chi connectivity index (χ0v) is 17.3. The van der Waals surface area contributed by atoms with Crippen molar-refractivity contribution in [3.8, 4) is 0 Å². The molecular formula is C18H17Cl2F3N4OS. The number of nitrogens with zero attached hydrogens (tertiary/aromatic N) is 1. The monoisotopic (exact) mass is 464 g/mol. The van der Waals surface area contributed by atoms with Crippen molar-refractivity contribution in [2.45, 2.75) is 6.18 Å². The normalized spacial score (nSPS) is 15.2. The van der Waals surface area contributed by atoms with Crippen LogP contribution in [-0.2, 0) is 6.18 Å². The third kappa shape index (κ3) is 5.93. The zero-order valence-electron chi connectivity index (χ0n) is 14.9. The number of carbonyl (C=O) groups is 1. The largest absolute Gasteiger partial charge is 0.416 e. The molecule has 1 saturated heterocycles. The Morgan fingerprint density at radius 2 is 1.76 bits per heavy atom. The first-order valence-electron chi connectivity index (χ1n) is 8.60. The summed E-state index contributed by atoms with van der Waals surface area (Å²) in [6.07, 6.45) is -4.52. The van der Waals surface area contributed by atoms with Crippen LogP contribution in [0.2, 0.25) is 10.0 Å². The van der Waals surface area contributed by atoms with Crippen LogP contribution in [0.5, 0.6) is 0 Å². The highest BCUT2D eigenvalue weighted by Crippen LogP contribution is 2.34. The van der Waals surface area contributed by atoms with Gasteiger partial charge in [-0.2, -0.15) is 13.2 Å². The number of hydrogen-bond acceptors (Lipinski definition) is 5. The number of benzene rings is 2. The van der Waals surface area contributed by atoms with Crippen LogP contribution in [0.1, 0.15) is 15.9 Å². The van der Waals surface area contributed by atoms with Gasteiger partial charge >= 0.3 is 6.18 Å². The molecule has 0 bridgehead atoms. The number of anilines is 2. The van der Waals surface area contributed by atoms with Crippen LogP contribution in [0.25, 0.3) is 0 Å². The summed E-state index contributed by atoms with van der Waals surface area (Å²) in [7, 11) is 0. The Kier molecular flexibility index (Phi) is 7.18. The van der Waals surface area contributed by atoms with E-state index in [-0.39, 0.29) is 16.3 Å². The van der Waals surface area contributed by atoms with E-state index in [1.54, 1.807) is 12.1 Å². The van der Waals surface area contributed by atoms with Crippen molar-refractivity contribution in [1.82, 2.24) is 9.62 Å². The summed E-state index contributed by atoms with van der Waals surface area (Å²) < 4.78 is 43.6. The topological polar surface area (TPSA) is 56.4 Å². The van der Waals surface area contributed by atoms with E-state index in [9.17, 15) is 18.0 Å². The van der Waals surface area contributed by atoms with E-state index in [1.807, 2.05) is 0 Å². The molecule has 1 heterocycles. The number of hydrogen-bond donors (Lipinski definition) is 3. The molecule has 2 aromatic carbocycles. The molecular weight excluding hydrogens is 448 g/mol. The van der Waals surface area contributed by atoms with Gasteiger partial charge in [-0.05, 0) is 36.4 Å². The van der Waals surface area contributed by atoms with Gasteiger partial charge in [0.2, 0.25) is 0 Å². The lowest BCUT2D eigenvalue weighted by Gasteiger charge is -2.26. The fourth-order valence-electron chi connectivity index (χ4n) is 2.63. The summed E-state index contributed by atoms with van der Waals surface area (Å²) in [5.41, 5.74) is -0.0436. The molecule has 0 radical (unpaired) electrons. The Morgan fingerprint density at radius 1 is 1.07 bits per heavy atom. The number of piperazine rings is 1. The van der Waals surface area contributed by atoms with Crippen molar-refractivity contribution >= 4 is 52.6 Å². The van der Waals surface area contributed by atoms with Crippen molar-refractivity contribution in [3.63, 3.8) is 0 Å². The Morgan fingerprint density at radius 3 is 2.41 bits per heavy atom. The van der Waals surface area contributed by atoms with Gasteiger partial charge < -0.3 is 15.4 Å². The summed E-state index contributed by atoms with van der Waals surface area (Å²) in [5.74, 6) is -0.544. The second-order valence-electron chi connectivity index (χ2n) is 6.21. The highest BCUT2D eigenvalue weighted by atomic mass is 35.5. The quantitative estimate of drug-likeness (QED) is 0.534. The maximum atomic E-state index is 12.8. The van der Waals surface area contributed by atoms with E-state index in [0.717, 1.165) is 44.4 Å². The number of halogens is 5. The minimum absolute atomic E-state index is 0.0744. The van der Waals surface area contributed by atoms with E-state index in [1.165, 1.54) is 18.2 Å². The lowest BCUT2D eigenvalue weighted by Crippen LogP contribution is -2.40. The predicted octanol–water partition coefficient (Wildman–Crippen LogP) is 5.14. The third-order valence-corrected chi connectivity index (χ3v) is 5.61. The van der Waals surface area contributed by atoms with Crippen LogP contribution in [0.4, 0.5) is 24.5 Å². The molecule has 5 nitrogen and oxygen atoms in total. The zero-order chi connectivity index (χ0) is 21.0. The number of alkyl halides is 3. The highest BCUT2D eigenvalue weighted by molar-refractivity contribution is 7.98. The maximum Gasteiger partial charge on any atom is 0.416 e. The van der Waals surface area contributed by atoms with Gasteiger partial charge in [-0.1, -0.05) is 23.2 Å². The van der Waals surface area contributed by atoms with Gasteiger partial charge in [-0.25, -0.2) is 4.31 Å². The van der Waals surface area contributed by atoms with Crippen molar-refractivity contribution in [2.75, 3.05) is 36.2 Å². The van der Waals surface area contributed by atoms with Crippen molar-refractivity contribution in [1.29, 1.82) is 0 Å². The summed E-state index contributed by atoms with van der Waals surface area (Å²) in [4.78, 5) is 12.7. The van der Waals surface area contributed by atoms with Crippen molar-refractivity contribution in [2.24, 2.45) is 0 Å². The smallest absolute Gasteiger partial charge is 0.321 e. The van der Waals surface area contributed by atoms with Gasteiger partial charge in [-0.15, -0.1) is 0 Å². The molecule has 3 N–H and O–H groups in total.